The predicted octanol–water partition coefficient (Wildman–Crippen LogP) is 5.28. The van der Waals surface area contributed by atoms with Crippen LogP contribution in [0.2, 0.25) is 0 Å². The average molecular weight is 595 g/mol. The number of anilines is 2. The van der Waals surface area contributed by atoms with Gasteiger partial charge in [0.2, 0.25) is 11.9 Å². The fourth-order valence-corrected chi connectivity index (χ4v) is 4.84. The van der Waals surface area contributed by atoms with Gasteiger partial charge in [0, 0.05) is 24.2 Å². The number of carbonyl (C=O) groups excluding carboxylic acids is 1. The molecule has 0 aliphatic rings. The Morgan fingerprint density at radius 1 is 1.00 bits per heavy atom. The molecule has 11 heteroatoms. The van der Waals surface area contributed by atoms with E-state index in [2.05, 4.69) is 35.9 Å². The molecule has 3 aromatic carbocycles. The van der Waals surface area contributed by atoms with Crippen molar-refractivity contribution in [3.8, 4) is 11.5 Å². The molecule has 1 amide bonds. The second-order valence-electron chi connectivity index (χ2n) is 7.83. The van der Waals surface area contributed by atoms with Crippen molar-refractivity contribution >= 4 is 49.6 Å². The molecule has 0 atom stereocenters. The van der Waals surface area contributed by atoms with Gasteiger partial charge in [-0.05, 0) is 75.6 Å². The van der Waals surface area contributed by atoms with Crippen LogP contribution in [0.4, 0.5) is 11.6 Å². The number of hydrogen-bond donors (Lipinski definition) is 2. The van der Waals surface area contributed by atoms with Crippen LogP contribution in [-0.4, -0.2) is 31.4 Å². The first-order chi connectivity index (χ1) is 18.3. The van der Waals surface area contributed by atoms with Gasteiger partial charge in [-0.15, -0.1) is 0 Å². The molecule has 0 bridgehead atoms. The number of rotatable bonds is 10. The summed E-state index contributed by atoms with van der Waals surface area (Å²) in [6, 6.07) is 20.7. The van der Waals surface area contributed by atoms with Gasteiger partial charge in [0.05, 0.1) is 16.5 Å². The lowest BCUT2D eigenvalue weighted by molar-refractivity contribution is -0.111. The van der Waals surface area contributed by atoms with E-state index in [0.29, 0.717) is 33.8 Å². The number of amides is 1. The number of ether oxygens (including phenoxy) is 2. The van der Waals surface area contributed by atoms with Crippen molar-refractivity contribution < 1.29 is 22.7 Å². The summed E-state index contributed by atoms with van der Waals surface area (Å²) in [5.41, 5.74) is 2.17. The second-order valence-corrected chi connectivity index (χ2v) is 10.4. The van der Waals surface area contributed by atoms with Gasteiger partial charge in [-0.3, -0.25) is 4.79 Å². The lowest BCUT2D eigenvalue weighted by atomic mass is 10.2. The first-order valence-electron chi connectivity index (χ1n) is 11.3. The van der Waals surface area contributed by atoms with E-state index in [1.807, 2.05) is 36.4 Å². The number of nitrogens with one attached hydrogen (secondary N) is 2. The first-order valence-corrected chi connectivity index (χ1v) is 13.5. The van der Waals surface area contributed by atoms with Gasteiger partial charge in [0.25, 0.3) is 10.0 Å². The lowest BCUT2D eigenvalue weighted by Crippen LogP contribution is -2.15. The number of benzene rings is 3. The van der Waals surface area contributed by atoms with E-state index in [0.717, 1.165) is 5.56 Å². The smallest absolute Gasteiger partial charge is 0.264 e. The number of halogens is 1. The highest BCUT2D eigenvalue weighted by Crippen LogP contribution is 2.37. The molecule has 0 aliphatic heterocycles. The quantitative estimate of drug-likeness (QED) is 0.240. The van der Waals surface area contributed by atoms with Gasteiger partial charge in [-0.2, -0.15) is 0 Å². The Bertz CT molecular complexity index is 1530. The molecule has 1 aromatic heterocycles. The van der Waals surface area contributed by atoms with E-state index in [9.17, 15) is 13.2 Å². The van der Waals surface area contributed by atoms with Crippen molar-refractivity contribution in [1.82, 2.24) is 9.97 Å². The second kappa shape index (κ2) is 12.3. The number of sulfonamides is 1. The lowest BCUT2D eigenvalue weighted by Gasteiger charge is -2.13. The highest BCUT2D eigenvalue weighted by molar-refractivity contribution is 9.10. The van der Waals surface area contributed by atoms with E-state index in [1.54, 1.807) is 25.3 Å². The summed E-state index contributed by atoms with van der Waals surface area (Å²) in [4.78, 5) is 20.2. The number of aromatic nitrogens is 2. The fourth-order valence-electron chi connectivity index (χ4n) is 3.31. The third-order valence-electron chi connectivity index (χ3n) is 5.13. The fraction of sp³-hybridized carbons (Fsp3) is 0.0741. The molecular weight excluding hydrogens is 572 g/mol. The average Bonchev–Trinajstić information content (AvgIpc) is 2.92. The van der Waals surface area contributed by atoms with Gasteiger partial charge in [-0.1, -0.05) is 30.3 Å². The minimum atomic E-state index is -3.87. The van der Waals surface area contributed by atoms with Crippen LogP contribution in [0.3, 0.4) is 0 Å². The molecule has 4 aromatic rings. The number of methoxy groups -OCH3 is 1. The molecule has 0 fully saturated rings. The van der Waals surface area contributed by atoms with Crippen molar-refractivity contribution in [2.45, 2.75) is 11.5 Å². The van der Waals surface area contributed by atoms with Crippen LogP contribution in [0.25, 0.3) is 6.08 Å². The van der Waals surface area contributed by atoms with Crippen LogP contribution in [0.5, 0.6) is 11.5 Å². The van der Waals surface area contributed by atoms with E-state index in [1.165, 1.54) is 42.7 Å². The van der Waals surface area contributed by atoms with Gasteiger partial charge in [-0.25, -0.2) is 23.1 Å². The predicted molar refractivity (Wildman–Crippen MR) is 148 cm³/mol. The maximum atomic E-state index is 12.5. The maximum absolute atomic E-state index is 12.5. The van der Waals surface area contributed by atoms with Crippen molar-refractivity contribution in [3.05, 3.63) is 107 Å². The van der Waals surface area contributed by atoms with Crippen LogP contribution in [0, 0.1) is 0 Å². The molecule has 0 radical (unpaired) electrons. The molecule has 0 unspecified atom stereocenters. The Morgan fingerprint density at radius 3 is 2.39 bits per heavy atom. The molecule has 0 saturated carbocycles. The number of nitrogens with zero attached hydrogens (tertiary/aromatic N) is 2. The van der Waals surface area contributed by atoms with Crippen LogP contribution in [-0.2, 0) is 21.4 Å². The summed E-state index contributed by atoms with van der Waals surface area (Å²) in [5.74, 6) is 0.646. The van der Waals surface area contributed by atoms with Crippen molar-refractivity contribution in [2.75, 3.05) is 17.1 Å². The summed E-state index contributed by atoms with van der Waals surface area (Å²) in [6.45, 7) is 0.379. The summed E-state index contributed by atoms with van der Waals surface area (Å²) in [5, 5.41) is 2.70. The third-order valence-corrected chi connectivity index (χ3v) is 7.06. The van der Waals surface area contributed by atoms with E-state index >= 15 is 0 Å². The standard InChI is InChI=1S/C27H23BrN4O5S/c1-36-24-17-20(16-23(28)26(24)37-18-19-6-3-2-4-7-19)8-13-25(33)31-21-9-11-22(12-10-21)38(34,35)32-27-29-14-5-15-30-27/h2-17H,18H2,1H3,(H,31,33)(H,29,30,32)/b13-8+. The molecule has 1 heterocycles. The molecule has 0 aliphatic carbocycles. The van der Waals surface area contributed by atoms with E-state index in [4.69, 9.17) is 9.47 Å². The van der Waals surface area contributed by atoms with E-state index in [-0.39, 0.29) is 10.8 Å². The molecule has 0 spiro atoms. The summed E-state index contributed by atoms with van der Waals surface area (Å²) in [6.07, 6.45) is 5.86. The third kappa shape index (κ3) is 7.17. The zero-order valence-corrected chi connectivity index (χ0v) is 22.6. The van der Waals surface area contributed by atoms with Crippen molar-refractivity contribution in [3.63, 3.8) is 0 Å². The summed E-state index contributed by atoms with van der Waals surface area (Å²) in [7, 11) is -2.32. The van der Waals surface area contributed by atoms with Crippen molar-refractivity contribution in [1.29, 1.82) is 0 Å². The minimum Gasteiger partial charge on any atom is -0.493 e. The molecule has 38 heavy (non-hydrogen) atoms. The van der Waals surface area contributed by atoms with Crippen LogP contribution in [0.1, 0.15) is 11.1 Å². The van der Waals surface area contributed by atoms with Gasteiger partial charge in [0.15, 0.2) is 11.5 Å². The molecule has 9 nitrogen and oxygen atoms in total. The molecular formula is C27H23BrN4O5S. The number of carbonyl (C=O) groups is 1. The number of hydrogen-bond acceptors (Lipinski definition) is 7. The van der Waals surface area contributed by atoms with Crippen molar-refractivity contribution in [2.24, 2.45) is 0 Å². The van der Waals surface area contributed by atoms with Gasteiger partial charge >= 0.3 is 0 Å². The monoisotopic (exact) mass is 594 g/mol. The highest BCUT2D eigenvalue weighted by atomic mass is 79.9. The molecule has 194 valence electrons. The topological polar surface area (TPSA) is 120 Å². The maximum Gasteiger partial charge on any atom is 0.264 e. The molecule has 2 N–H and O–H groups in total. The minimum absolute atomic E-state index is 0.00464. The first kappa shape index (κ1) is 26.8. The van der Waals surface area contributed by atoms with Crippen LogP contribution >= 0.6 is 15.9 Å². The molecule has 4 rings (SSSR count). The Balaban J connectivity index is 1.38. The zero-order valence-electron chi connectivity index (χ0n) is 20.2. The largest absolute Gasteiger partial charge is 0.493 e. The Kier molecular flexibility index (Phi) is 8.72. The Labute approximate surface area is 228 Å². The Hall–Kier alpha value is -4.22. The van der Waals surface area contributed by atoms with E-state index < -0.39 is 15.9 Å². The van der Waals surface area contributed by atoms with Gasteiger partial charge < -0.3 is 14.8 Å². The summed E-state index contributed by atoms with van der Waals surface area (Å²) >= 11 is 3.52. The van der Waals surface area contributed by atoms with Gasteiger partial charge in [0.1, 0.15) is 6.61 Å². The highest BCUT2D eigenvalue weighted by Gasteiger charge is 2.15. The molecule has 0 saturated heterocycles. The normalized spacial score (nSPS) is 11.2. The SMILES string of the molecule is COc1cc(/C=C/C(=O)Nc2ccc(S(=O)(=O)Nc3ncccn3)cc2)cc(Br)c1OCc1ccccc1. The van der Waals surface area contributed by atoms with Crippen LogP contribution < -0.4 is 19.5 Å². The summed E-state index contributed by atoms with van der Waals surface area (Å²) < 4.78 is 39.4. The zero-order chi connectivity index (χ0) is 27.0. The van der Waals surface area contributed by atoms with Crippen LogP contribution in [0.15, 0.2) is 101 Å². The Morgan fingerprint density at radius 2 is 1.71 bits per heavy atom.